The Balaban J connectivity index is 2.35. The molecule has 0 aromatic heterocycles. The minimum absolute atomic E-state index is 0.158. The zero-order chi connectivity index (χ0) is 19.5. The van der Waals surface area contributed by atoms with E-state index in [0.29, 0.717) is 0 Å². The Morgan fingerprint density at radius 3 is 2.35 bits per heavy atom. The van der Waals surface area contributed by atoms with Crippen LogP contribution in [0.2, 0.25) is 0 Å². The van der Waals surface area contributed by atoms with Crippen LogP contribution in [0.3, 0.4) is 0 Å². The van der Waals surface area contributed by atoms with E-state index in [1.165, 1.54) is 19.1 Å². The van der Waals surface area contributed by atoms with Gasteiger partial charge in [-0.15, -0.1) is 0 Å². The number of anilines is 1. The molecule has 0 heterocycles. The van der Waals surface area contributed by atoms with Crippen LogP contribution in [0, 0.1) is 0 Å². The second kappa shape index (κ2) is 7.37. The Morgan fingerprint density at radius 2 is 1.77 bits per heavy atom. The summed E-state index contributed by atoms with van der Waals surface area (Å²) in [5.41, 5.74) is -2.12. The number of amides is 1. The second-order valence-electron chi connectivity index (χ2n) is 5.72. The zero-order valence-corrected chi connectivity index (χ0v) is 15.9. The van der Waals surface area contributed by atoms with Crippen LogP contribution in [0.15, 0.2) is 48.5 Å². The first-order valence-electron chi connectivity index (χ1n) is 7.50. The monoisotopic (exact) mass is 423 g/mol. The van der Waals surface area contributed by atoms with Gasteiger partial charge < -0.3 is 0 Å². The van der Waals surface area contributed by atoms with E-state index < -0.39 is 31.7 Å². The predicted octanol–water partition coefficient (Wildman–Crippen LogP) is 0.370. The van der Waals surface area contributed by atoms with Gasteiger partial charge >= 0.3 is 152 Å². The molecule has 0 spiro atoms. The molecule has 0 saturated heterocycles. The maximum absolute atomic E-state index is 12.6. The Labute approximate surface area is 152 Å². The normalized spacial score (nSPS) is 15.4. The summed E-state index contributed by atoms with van der Waals surface area (Å²) in [5, 5.41) is 22.2. The summed E-state index contributed by atoms with van der Waals surface area (Å²) in [7, 11) is 0. The molecule has 2 atom stereocenters. The topological polar surface area (TPSA) is 133 Å². The summed E-state index contributed by atoms with van der Waals surface area (Å²) in [5.74, 6) is -2.11. The fourth-order valence-corrected chi connectivity index (χ4v) is 4.69. The molecule has 0 fully saturated rings. The molecule has 0 aliphatic heterocycles. The minimum atomic E-state index is -5.51. The quantitative estimate of drug-likeness (QED) is 0.511. The molecule has 1 amide bonds. The number of phenolic OH excluding ortho intramolecular Hbond substituents is 1. The van der Waals surface area contributed by atoms with Gasteiger partial charge in [-0.2, -0.15) is 0 Å². The van der Waals surface area contributed by atoms with Gasteiger partial charge in [0.25, 0.3) is 0 Å². The summed E-state index contributed by atoms with van der Waals surface area (Å²) in [6.07, 6.45) is 0. The van der Waals surface area contributed by atoms with Crippen molar-refractivity contribution in [2.24, 2.45) is 0 Å². The van der Waals surface area contributed by atoms with E-state index in [-0.39, 0.29) is 21.4 Å². The van der Waals surface area contributed by atoms with Crippen molar-refractivity contribution in [1.82, 2.24) is 0 Å². The van der Waals surface area contributed by atoms with Gasteiger partial charge in [-0.3, -0.25) is 0 Å². The third-order valence-electron chi connectivity index (χ3n) is 3.54. The molecule has 0 bridgehead atoms. The van der Waals surface area contributed by atoms with Crippen LogP contribution in [0.5, 0.6) is 5.75 Å². The first kappa shape index (κ1) is 19.8. The molecule has 4 N–H and O–H groups in total. The summed E-state index contributed by atoms with van der Waals surface area (Å²) >= 11 is -5.51. The first-order valence-corrected chi connectivity index (χ1v) is 10.8. The number of phenols is 1. The van der Waals surface area contributed by atoms with E-state index in [1.54, 1.807) is 18.2 Å². The third-order valence-corrected chi connectivity index (χ3v) is 6.50. The Morgan fingerprint density at radius 1 is 1.15 bits per heavy atom. The molecule has 8 nitrogen and oxygen atoms in total. The van der Waals surface area contributed by atoms with Crippen molar-refractivity contribution in [3.05, 3.63) is 54.1 Å². The van der Waals surface area contributed by atoms with Crippen LogP contribution in [-0.2, 0) is 22.7 Å². The van der Waals surface area contributed by atoms with Crippen LogP contribution in [0.1, 0.15) is 19.4 Å². The first-order chi connectivity index (χ1) is 12.0. The summed E-state index contributed by atoms with van der Waals surface area (Å²) in [6.45, 7) is 2.32. The van der Waals surface area contributed by atoms with Gasteiger partial charge in [-0.25, -0.2) is 0 Å². The van der Waals surface area contributed by atoms with Gasteiger partial charge in [0.05, 0.1) is 0 Å². The fourth-order valence-electron chi connectivity index (χ4n) is 2.19. The molecule has 9 heteroatoms. The molecule has 0 aliphatic carbocycles. The summed E-state index contributed by atoms with van der Waals surface area (Å²) in [6, 6.07) is 11.1. The van der Waals surface area contributed by atoms with Crippen molar-refractivity contribution in [3.63, 3.8) is 0 Å². The molecule has 0 radical (unpaired) electrons. The van der Waals surface area contributed by atoms with Crippen molar-refractivity contribution < 1.29 is 31.4 Å². The number of hydrogen-bond donors (Lipinski definition) is 4. The van der Waals surface area contributed by atoms with Gasteiger partial charge in [0.1, 0.15) is 0 Å². The van der Waals surface area contributed by atoms with Crippen molar-refractivity contribution in [1.29, 1.82) is 0 Å². The van der Waals surface area contributed by atoms with Gasteiger partial charge in [0.2, 0.25) is 0 Å². The maximum atomic E-state index is 12.6. The van der Waals surface area contributed by atoms with E-state index in [1.807, 2.05) is 0 Å². The molecule has 2 unspecified atom stereocenters. The number of carbonyl (C=O) groups excluding carboxylic acids is 2. The molecule has 2 aromatic carbocycles. The van der Waals surface area contributed by atoms with Crippen LogP contribution in [0.25, 0.3) is 0 Å². The number of benzene rings is 2. The van der Waals surface area contributed by atoms with Gasteiger partial charge in [-0.05, 0) is 0 Å². The number of rotatable bonds is 5. The van der Waals surface area contributed by atoms with E-state index in [4.69, 9.17) is 3.73 Å². The van der Waals surface area contributed by atoms with Crippen LogP contribution in [-0.4, -0.2) is 40.4 Å². The summed E-state index contributed by atoms with van der Waals surface area (Å²) in [4.78, 5) is 23.6. The number of carbonyl (C=O) groups is 2. The molecular weight excluding hydrogens is 405 g/mol. The zero-order valence-electron chi connectivity index (χ0n) is 14.0. The average molecular weight is 423 g/mol. The number of aliphatic hydroxyl groups is 1. The summed E-state index contributed by atoms with van der Waals surface area (Å²) < 4.78 is 27.3. The Bertz CT molecular complexity index is 880. The fraction of sp³-hybridized carbons (Fsp3) is 0.176. The van der Waals surface area contributed by atoms with Crippen molar-refractivity contribution in [2.75, 3.05) is 5.32 Å². The molecule has 0 saturated carbocycles. The Kier molecular flexibility index (Phi) is 5.61. The van der Waals surface area contributed by atoms with E-state index >= 15 is 0 Å². The number of aromatic hydroxyl groups is 1. The van der Waals surface area contributed by atoms with Crippen molar-refractivity contribution in [3.8, 4) is 5.75 Å². The predicted molar refractivity (Wildman–Crippen MR) is 92.8 cm³/mol. The molecule has 26 heavy (non-hydrogen) atoms. The van der Waals surface area contributed by atoms with Crippen molar-refractivity contribution >= 4 is 36.1 Å². The molecule has 138 valence electrons. The molecule has 2 aromatic rings. The van der Waals surface area contributed by atoms with E-state index in [9.17, 15) is 27.6 Å². The molecular formula is C17H18AsNO7. The van der Waals surface area contributed by atoms with Gasteiger partial charge in [0.15, 0.2) is 0 Å². The molecule has 0 aliphatic rings. The van der Waals surface area contributed by atoms with Crippen LogP contribution in [0.4, 0.5) is 5.69 Å². The van der Waals surface area contributed by atoms with Gasteiger partial charge in [0, 0.05) is 0 Å². The second-order valence-corrected chi connectivity index (χ2v) is 9.30. The van der Waals surface area contributed by atoms with Crippen molar-refractivity contribution in [2.45, 2.75) is 19.4 Å². The SMILES string of the molecule is CC(=O)Nc1cc(O)ccc1[As](=O)(O)OC(=O)C(C)(O)c1ccccc1. The average Bonchev–Trinajstić information content (AvgIpc) is 2.54. The number of hydrogen-bond acceptors (Lipinski definition) is 6. The van der Waals surface area contributed by atoms with E-state index in [2.05, 4.69) is 5.32 Å². The van der Waals surface area contributed by atoms with Gasteiger partial charge in [-0.1, -0.05) is 0 Å². The number of nitrogens with one attached hydrogen (secondary N) is 1. The standard InChI is InChI=1S/C17H18AsNO7/c1-11(20)19-15-10-13(21)8-9-14(15)18(24,25)26-16(22)17(2,23)12-6-4-3-5-7-12/h3-10,21,23H,1-2H3,(H,19,20)(H,24,25). The van der Waals surface area contributed by atoms with E-state index in [0.717, 1.165) is 25.1 Å². The molecule has 2 rings (SSSR count). The Hall–Kier alpha value is -2.54. The van der Waals surface area contributed by atoms with Crippen LogP contribution >= 0.6 is 0 Å². The van der Waals surface area contributed by atoms with Crippen LogP contribution < -0.4 is 9.67 Å². The third kappa shape index (κ3) is 4.35.